The first-order valence-electron chi connectivity index (χ1n) is 12.2. The molecule has 0 saturated carbocycles. The van der Waals surface area contributed by atoms with E-state index in [1.807, 2.05) is 43.3 Å². The molecule has 184 valence electrons. The van der Waals surface area contributed by atoms with Crippen molar-refractivity contribution in [1.29, 1.82) is 0 Å². The number of rotatable bonds is 6. The summed E-state index contributed by atoms with van der Waals surface area (Å²) in [7, 11) is -1.40. The lowest BCUT2D eigenvalue weighted by Gasteiger charge is -2.33. The smallest absolute Gasteiger partial charge is 0.326 e. The average molecular weight is 491 g/mol. The molecule has 0 fully saturated rings. The highest BCUT2D eigenvalue weighted by atomic mass is 31.2. The van der Waals surface area contributed by atoms with Gasteiger partial charge in [-0.25, -0.2) is 0 Å². The number of hydrogen-bond donors (Lipinski definition) is 0. The van der Waals surface area contributed by atoms with Crippen LogP contribution in [-0.4, -0.2) is 12.4 Å². The largest absolute Gasteiger partial charge is 0.486 e. The Kier molecular flexibility index (Phi) is 6.97. The van der Waals surface area contributed by atoms with Crippen molar-refractivity contribution in [3.63, 3.8) is 0 Å². The Morgan fingerprint density at radius 3 is 2.03 bits per heavy atom. The van der Waals surface area contributed by atoms with Crippen LogP contribution in [0.5, 0.6) is 17.2 Å². The van der Waals surface area contributed by atoms with Crippen LogP contribution in [0.15, 0.2) is 60.7 Å². The summed E-state index contributed by atoms with van der Waals surface area (Å²) in [5, 5.41) is 1.06. The Hall–Kier alpha value is -2.84. The number of carbonyl (C=O) groups is 1. The van der Waals surface area contributed by atoms with E-state index >= 15 is 0 Å². The standard InChI is InChI=1S/C30H35O4P/c1-8-20(31)19-32-21-17-24(29(2,3)4)28(25(18-21)30(5,6)7)34-35-27-16-12-10-14-23(27)22-13-9-11-15-26(22)33-35/h9-18H,8,19H2,1-7H3. The maximum atomic E-state index is 11.9. The van der Waals surface area contributed by atoms with Gasteiger partial charge in [-0.2, -0.15) is 0 Å². The third-order valence-electron chi connectivity index (χ3n) is 6.11. The second-order valence-corrected chi connectivity index (χ2v) is 12.3. The lowest BCUT2D eigenvalue weighted by molar-refractivity contribution is -0.120. The van der Waals surface area contributed by atoms with E-state index in [2.05, 4.69) is 65.8 Å². The molecule has 1 unspecified atom stereocenters. The molecule has 1 aliphatic heterocycles. The van der Waals surface area contributed by atoms with E-state index < -0.39 is 8.38 Å². The maximum absolute atomic E-state index is 11.9. The third kappa shape index (κ3) is 5.38. The molecule has 1 heterocycles. The summed E-state index contributed by atoms with van der Waals surface area (Å²) in [4.78, 5) is 11.9. The molecule has 4 rings (SSSR count). The number of benzene rings is 3. The number of ether oxygens (including phenoxy) is 1. The average Bonchev–Trinajstić information content (AvgIpc) is 2.81. The van der Waals surface area contributed by atoms with Gasteiger partial charge in [-0.1, -0.05) is 84.9 Å². The van der Waals surface area contributed by atoms with Crippen molar-refractivity contribution < 1.29 is 18.6 Å². The van der Waals surface area contributed by atoms with Crippen molar-refractivity contribution in [2.24, 2.45) is 0 Å². The molecule has 5 heteroatoms. The highest BCUT2D eigenvalue weighted by molar-refractivity contribution is 7.57. The summed E-state index contributed by atoms with van der Waals surface area (Å²) in [6.45, 7) is 14.9. The van der Waals surface area contributed by atoms with Gasteiger partial charge in [0.2, 0.25) is 0 Å². The molecule has 1 atom stereocenters. The minimum Gasteiger partial charge on any atom is -0.486 e. The molecule has 0 aliphatic carbocycles. The van der Waals surface area contributed by atoms with Gasteiger partial charge >= 0.3 is 8.38 Å². The first-order valence-corrected chi connectivity index (χ1v) is 13.3. The maximum Gasteiger partial charge on any atom is 0.326 e. The number of ketones is 1. The zero-order valence-corrected chi connectivity index (χ0v) is 22.7. The van der Waals surface area contributed by atoms with E-state index in [1.165, 1.54) is 0 Å². The van der Waals surface area contributed by atoms with Crippen LogP contribution in [-0.2, 0) is 15.6 Å². The predicted octanol–water partition coefficient (Wildman–Crippen LogP) is 7.72. The number of Topliss-reactive ketones (excluding diaryl/α,β-unsaturated/α-hetero) is 1. The van der Waals surface area contributed by atoms with Gasteiger partial charge < -0.3 is 13.8 Å². The van der Waals surface area contributed by atoms with Crippen molar-refractivity contribution in [2.75, 3.05) is 6.61 Å². The summed E-state index contributed by atoms with van der Waals surface area (Å²) in [5.74, 6) is 2.44. The molecule has 1 aliphatic rings. The van der Waals surface area contributed by atoms with E-state index in [9.17, 15) is 4.79 Å². The zero-order valence-electron chi connectivity index (χ0n) is 21.8. The summed E-state index contributed by atoms with van der Waals surface area (Å²) in [6.07, 6.45) is 0.460. The Labute approximate surface area is 210 Å². The Bertz CT molecular complexity index is 1200. The molecule has 0 radical (unpaired) electrons. The second kappa shape index (κ2) is 9.66. The summed E-state index contributed by atoms with van der Waals surface area (Å²) in [6, 6.07) is 20.5. The minimum atomic E-state index is -1.40. The van der Waals surface area contributed by atoms with Gasteiger partial charge in [-0.15, -0.1) is 0 Å². The molecular formula is C30H35O4P. The van der Waals surface area contributed by atoms with Crippen molar-refractivity contribution in [3.05, 3.63) is 71.8 Å². The van der Waals surface area contributed by atoms with E-state index in [4.69, 9.17) is 13.8 Å². The van der Waals surface area contributed by atoms with Gasteiger partial charge in [-0.3, -0.25) is 4.79 Å². The Morgan fingerprint density at radius 2 is 1.43 bits per heavy atom. The van der Waals surface area contributed by atoms with E-state index in [0.717, 1.165) is 39.1 Å². The van der Waals surface area contributed by atoms with E-state index in [1.54, 1.807) is 0 Å². The lowest BCUT2D eigenvalue weighted by Crippen LogP contribution is -2.23. The van der Waals surface area contributed by atoms with Crippen molar-refractivity contribution in [1.82, 2.24) is 0 Å². The van der Waals surface area contributed by atoms with Crippen molar-refractivity contribution in [2.45, 2.75) is 65.7 Å². The molecular weight excluding hydrogens is 455 g/mol. The molecule has 4 nitrogen and oxygen atoms in total. The van der Waals surface area contributed by atoms with Crippen molar-refractivity contribution >= 4 is 19.5 Å². The normalized spacial score (nSPS) is 15.0. The molecule has 35 heavy (non-hydrogen) atoms. The molecule has 3 aromatic carbocycles. The number of fused-ring (bicyclic) bond motifs is 3. The van der Waals surface area contributed by atoms with Gasteiger partial charge in [0, 0.05) is 23.1 Å². The Morgan fingerprint density at radius 1 is 0.857 bits per heavy atom. The second-order valence-electron chi connectivity index (χ2n) is 11.0. The predicted molar refractivity (Wildman–Crippen MR) is 144 cm³/mol. The quantitative estimate of drug-likeness (QED) is 0.332. The third-order valence-corrected chi connectivity index (χ3v) is 7.60. The van der Waals surface area contributed by atoms with Crippen LogP contribution >= 0.6 is 8.38 Å². The molecule has 0 N–H and O–H groups in total. The van der Waals surface area contributed by atoms with Crippen LogP contribution in [0.2, 0.25) is 0 Å². The van der Waals surface area contributed by atoms with Crippen molar-refractivity contribution in [3.8, 4) is 28.4 Å². The zero-order chi connectivity index (χ0) is 25.4. The van der Waals surface area contributed by atoms with Gasteiger partial charge in [-0.05, 0) is 40.7 Å². The van der Waals surface area contributed by atoms with Gasteiger partial charge in [0.15, 0.2) is 5.78 Å². The first-order chi connectivity index (χ1) is 16.5. The van der Waals surface area contributed by atoms with Crippen LogP contribution in [0, 0.1) is 0 Å². The SMILES string of the molecule is CCC(=O)COc1cc(C(C)(C)C)c(OP2Oc3ccccc3-c3ccccc32)c(C(C)(C)C)c1. The van der Waals surface area contributed by atoms with Gasteiger partial charge in [0.25, 0.3) is 0 Å². The number of hydrogen-bond acceptors (Lipinski definition) is 4. The minimum absolute atomic E-state index is 0.0733. The first kappa shape index (κ1) is 25.3. The van der Waals surface area contributed by atoms with Gasteiger partial charge in [0.05, 0.1) is 5.30 Å². The highest BCUT2D eigenvalue weighted by Gasteiger charge is 2.34. The van der Waals surface area contributed by atoms with Crippen LogP contribution < -0.4 is 19.1 Å². The molecule has 0 aromatic heterocycles. The van der Waals surface area contributed by atoms with Crippen LogP contribution in [0.25, 0.3) is 11.1 Å². The monoisotopic (exact) mass is 490 g/mol. The van der Waals surface area contributed by atoms with Crippen LogP contribution in [0.3, 0.4) is 0 Å². The highest BCUT2D eigenvalue weighted by Crippen LogP contribution is 2.53. The lowest BCUT2D eigenvalue weighted by atomic mass is 9.79. The van der Waals surface area contributed by atoms with Gasteiger partial charge in [0.1, 0.15) is 23.9 Å². The summed E-state index contributed by atoms with van der Waals surface area (Å²) in [5.41, 5.74) is 3.87. The summed E-state index contributed by atoms with van der Waals surface area (Å²) >= 11 is 0. The van der Waals surface area contributed by atoms with E-state index in [0.29, 0.717) is 12.2 Å². The fourth-order valence-electron chi connectivity index (χ4n) is 4.08. The molecule has 0 bridgehead atoms. The fourth-order valence-corrected chi connectivity index (χ4v) is 5.62. The van der Waals surface area contributed by atoms with Crippen LogP contribution in [0.1, 0.15) is 66.0 Å². The molecule has 0 saturated heterocycles. The molecule has 3 aromatic rings. The number of carbonyl (C=O) groups excluding carboxylic acids is 1. The van der Waals surface area contributed by atoms with Crippen LogP contribution in [0.4, 0.5) is 0 Å². The fraction of sp³-hybridized carbons (Fsp3) is 0.367. The molecule has 0 spiro atoms. The Balaban J connectivity index is 1.83. The summed E-state index contributed by atoms with van der Waals surface area (Å²) < 4.78 is 19.3. The van der Waals surface area contributed by atoms with E-state index in [-0.39, 0.29) is 23.2 Å². The molecule has 0 amide bonds. The number of para-hydroxylation sites is 1. The topological polar surface area (TPSA) is 44.8 Å².